The number of hydrogen-bond acceptors (Lipinski definition) is 2. The first-order valence-electron chi connectivity index (χ1n) is 5.79. The van der Waals surface area contributed by atoms with Gasteiger partial charge in [-0.05, 0) is 47.3 Å². The van der Waals surface area contributed by atoms with Gasteiger partial charge in [0.2, 0.25) is 0 Å². The number of carbonyl (C=O) groups excluding carboxylic acids is 1. The number of carbonyl (C=O) groups is 1. The number of nitrogens with one attached hydrogen (secondary N) is 1. The molecule has 1 amide bonds. The third-order valence-electron chi connectivity index (χ3n) is 3.17. The normalized spacial score (nSPS) is 23.6. The molecule has 1 aliphatic carbocycles. The maximum atomic E-state index is 12.0. The summed E-state index contributed by atoms with van der Waals surface area (Å²) in [5.74, 6) is -0.0146. The summed E-state index contributed by atoms with van der Waals surface area (Å²) in [7, 11) is 1.72. The van der Waals surface area contributed by atoms with Crippen LogP contribution in [0.1, 0.15) is 29.6 Å². The molecular weight excluding hydrogens is 282 g/mol. The number of halogens is 1. The van der Waals surface area contributed by atoms with Gasteiger partial charge >= 0.3 is 0 Å². The molecule has 0 aliphatic heterocycles. The lowest BCUT2D eigenvalue weighted by Crippen LogP contribution is -2.33. The predicted molar refractivity (Wildman–Crippen MR) is 70.0 cm³/mol. The monoisotopic (exact) mass is 297 g/mol. The molecule has 0 heterocycles. The minimum atomic E-state index is -0.0146. The van der Waals surface area contributed by atoms with Crippen molar-refractivity contribution in [2.75, 3.05) is 7.11 Å². The standard InChI is InChI=1S/C13H16BrNO2/c1-17-10-7-6-9(8-10)15-13(16)11-4-2-3-5-12(11)14/h2-5,9-10H,6-8H2,1H3,(H,15,16). The van der Waals surface area contributed by atoms with Gasteiger partial charge in [0, 0.05) is 17.6 Å². The van der Waals surface area contributed by atoms with Gasteiger partial charge in [0.25, 0.3) is 5.91 Å². The average Bonchev–Trinajstić information content (AvgIpc) is 2.77. The highest BCUT2D eigenvalue weighted by molar-refractivity contribution is 9.10. The van der Waals surface area contributed by atoms with Crippen LogP contribution in [0, 0.1) is 0 Å². The molecule has 1 fully saturated rings. The number of rotatable bonds is 3. The Morgan fingerprint density at radius 2 is 2.18 bits per heavy atom. The van der Waals surface area contributed by atoms with E-state index in [2.05, 4.69) is 21.2 Å². The molecule has 4 heteroatoms. The van der Waals surface area contributed by atoms with Crippen LogP contribution in [0.15, 0.2) is 28.7 Å². The average molecular weight is 298 g/mol. The third-order valence-corrected chi connectivity index (χ3v) is 3.86. The molecule has 0 spiro atoms. The maximum Gasteiger partial charge on any atom is 0.252 e. The molecule has 1 aromatic carbocycles. The second-order valence-corrected chi connectivity index (χ2v) is 5.18. The van der Waals surface area contributed by atoms with Crippen LogP contribution >= 0.6 is 15.9 Å². The highest BCUT2D eigenvalue weighted by atomic mass is 79.9. The lowest BCUT2D eigenvalue weighted by Gasteiger charge is -2.13. The van der Waals surface area contributed by atoms with Crippen molar-refractivity contribution in [3.05, 3.63) is 34.3 Å². The molecule has 0 bridgehead atoms. The molecule has 2 atom stereocenters. The fourth-order valence-electron chi connectivity index (χ4n) is 2.19. The molecule has 3 nitrogen and oxygen atoms in total. The van der Waals surface area contributed by atoms with Crippen LogP contribution in [0.2, 0.25) is 0 Å². The van der Waals surface area contributed by atoms with E-state index >= 15 is 0 Å². The lowest BCUT2D eigenvalue weighted by molar-refractivity contribution is 0.0914. The zero-order chi connectivity index (χ0) is 12.3. The van der Waals surface area contributed by atoms with Gasteiger partial charge in [0.15, 0.2) is 0 Å². The van der Waals surface area contributed by atoms with Crippen LogP contribution < -0.4 is 5.32 Å². The summed E-state index contributed by atoms with van der Waals surface area (Å²) in [6.07, 6.45) is 3.22. The van der Waals surface area contributed by atoms with Gasteiger partial charge in [-0.25, -0.2) is 0 Å². The van der Waals surface area contributed by atoms with E-state index in [-0.39, 0.29) is 11.9 Å². The van der Waals surface area contributed by atoms with Crippen molar-refractivity contribution < 1.29 is 9.53 Å². The second kappa shape index (κ2) is 5.65. The molecule has 92 valence electrons. The van der Waals surface area contributed by atoms with Gasteiger partial charge in [-0.2, -0.15) is 0 Å². The van der Waals surface area contributed by atoms with E-state index in [1.54, 1.807) is 7.11 Å². The summed E-state index contributed by atoms with van der Waals surface area (Å²) in [5, 5.41) is 3.05. The molecule has 1 saturated carbocycles. The summed E-state index contributed by atoms with van der Waals surface area (Å²) in [6, 6.07) is 7.70. The lowest BCUT2D eigenvalue weighted by atomic mass is 10.2. The Balaban J connectivity index is 1.96. The van der Waals surface area contributed by atoms with Crippen LogP contribution in [0.25, 0.3) is 0 Å². The Bertz CT molecular complexity index is 408. The molecule has 1 aliphatic rings. The van der Waals surface area contributed by atoms with Crippen LogP contribution in [-0.2, 0) is 4.74 Å². The fraction of sp³-hybridized carbons (Fsp3) is 0.462. The van der Waals surface area contributed by atoms with Crippen molar-refractivity contribution in [1.29, 1.82) is 0 Å². The molecule has 1 N–H and O–H groups in total. The first kappa shape index (κ1) is 12.6. The summed E-state index contributed by atoms with van der Waals surface area (Å²) in [4.78, 5) is 12.0. The Morgan fingerprint density at radius 1 is 1.41 bits per heavy atom. The minimum absolute atomic E-state index is 0.0146. The minimum Gasteiger partial charge on any atom is -0.381 e. The van der Waals surface area contributed by atoms with Gasteiger partial charge < -0.3 is 10.1 Å². The number of amides is 1. The predicted octanol–water partition coefficient (Wildman–Crippen LogP) is 2.75. The van der Waals surface area contributed by atoms with E-state index < -0.39 is 0 Å². The Morgan fingerprint density at radius 3 is 2.82 bits per heavy atom. The summed E-state index contributed by atoms with van der Waals surface area (Å²) in [6.45, 7) is 0. The number of methoxy groups -OCH3 is 1. The van der Waals surface area contributed by atoms with Crippen LogP contribution in [0.5, 0.6) is 0 Å². The molecule has 0 saturated heterocycles. The smallest absolute Gasteiger partial charge is 0.252 e. The molecule has 2 rings (SSSR count). The van der Waals surface area contributed by atoms with E-state index in [1.807, 2.05) is 24.3 Å². The fourth-order valence-corrected chi connectivity index (χ4v) is 2.66. The van der Waals surface area contributed by atoms with Crippen molar-refractivity contribution >= 4 is 21.8 Å². The Labute approximate surface area is 110 Å². The van der Waals surface area contributed by atoms with E-state index in [0.717, 1.165) is 23.7 Å². The number of benzene rings is 1. The molecular formula is C13H16BrNO2. The zero-order valence-electron chi connectivity index (χ0n) is 9.78. The van der Waals surface area contributed by atoms with Gasteiger partial charge in [-0.1, -0.05) is 12.1 Å². The largest absolute Gasteiger partial charge is 0.381 e. The second-order valence-electron chi connectivity index (χ2n) is 4.32. The Kier molecular flexibility index (Phi) is 4.18. The van der Waals surface area contributed by atoms with E-state index in [9.17, 15) is 4.79 Å². The van der Waals surface area contributed by atoms with Crippen molar-refractivity contribution in [3.63, 3.8) is 0 Å². The van der Waals surface area contributed by atoms with Crippen LogP contribution in [0.3, 0.4) is 0 Å². The van der Waals surface area contributed by atoms with Crippen LogP contribution in [-0.4, -0.2) is 25.2 Å². The molecule has 2 unspecified atom stereocenters. The first-order chi connectivity index (χ1) is 8.20. The summed E-state index contributed by atoms with van der Waals surface area (Å²) < 4.78 is 6.12. The molecule has 0 radical (unpaired) electrons. The summed E-state index contributed by atoms with van der Waals surface area (Å²) in [5.41, 5.74) is 0.688. The molecule has 1 aromatic rings. The quantitative estimate of drug-likeness (QED) is 0.932. The number of hydrogen-bond donors (Lipinski definition) is 1. The highest BCUT2D eigenvalue weighted by Gasteiger charge is 2.26. The zero-order valence-corrected chi connectivity index (χ0v) is 11.4. The molecule has 17 heavy (non-hydrogen) atoms. The van der Waals surface area contributed by atoms with E-state index in [4.69, 9.17) is 4.74 Å². The SMILES string of the molecule is COC1CCC(NC(=O)c2ccccc2Br)C1. The number of ether oxygens (including phenoxy) is 1. The maximum absolute atomic E-state index is 12.0. The van der Waals surface area contributed by atoms with Crippen molar-refractivity contribution in [1.82, 2.24) is 5.32 Å². The summed E-state index contributed by atoms with van der Waals surface area (Å²) >= 11 is 3.39. The van der Waals surface area contributed by atoms with E-state index in [1.165, 1.54) is 0 Å². The topological polar surface area (TPSA) is 38.3 Å². The van der Waals surface area contributed by atoms with Crippen molar-refractivity contribution in [2.24, 2.45) is 0 Å². The van der Waals surface area contributed by atoms with Gasteiger partial charge in [-0.3, -0.25) is 4.79 Å². The third kappa shape index (κ3) is 3.07. The Hall–Kier alpha value is -0.870. The molecule has 0 aromatic heterocycles. The highest BCUT2D eigenvalue weighted by Crippen LogP contribution is 2.22. The van der Waals surface area contributed by atoms with Crippen molar-refractivity contribution in [2.45, 2.75) is 31.4 Å². The van der Waals surface area contributed by atoms with Gasteiger partial charge in [0.1, 0.15) is 0 Å². The van der Waals surface area contributed by atoms with Gasteiger partial charge in [0.05, 0.1) is 11.7 Å². The van der Waals surface area contributed by atoms with Crippen molar-refractivity contribution in [3.8, 4) is 0 Å². The van der Waals surface area contributed by atoms with Gasteiger partial charge in [-0.15, -0.1) is 0 Å². The van der Waals surface area contributed by atoms with E-state index in [0.29, 0.717) is 11.7 Å². The van der Waals surface area contributed by atoms with Crippen LogP contribution in [0.4, 0.5) is 0 Å². The first-order valence-corrected chi connectivity index (χ1v) is 6.58.